The zero-order valence-electron chi connectivity index (χ0n) is 11.2. The van der Waals surface area contributed by atoms with Gasteiger partial charge in [-0.15, -0.1) is 0 Å². The summed E-state index contributed by atoms with van der Waals surface area (Å²) in [6, 6.07) is 4.53. The minimum atomic E-state index is -1.11. The molecule has 106 valence electrons. The lowest BCUT2D eigenvalue weighted by Crippen LogP contribution is -2.16. The first kappa shape index (κ1) is 13.5. The second-order valence-corrected chi connectivity index (χ2v) is 5.60. The fourth-order valence-corrected chi connectivity index (χ4v) is 2.44. The van der Waals surface area contributed by atoms with Crippen LogP contribution in [0.15, 0.2) is 43.1 Å². The van der Waals surface area contributed by atoms with E-state index in [1.165, 1.54) is 13.3 Å². The van der Waals surface area contributed by atoms with Crippen molar-refractivity contribution in [2.45, 2.75) is 4.90 Å². The van der Waals surface area contributed by atoms with Gasteiger partial charge in [0.05, 0.1) is 18.9 Å². The van der Waals surface area contributed by atoms with Crippen molar-refractivity contribution in [1.82, 2.24) is 0 Å². The molecule has 8 heteroatoms. The fraction of sp³-hybridized carbons (Fsp3) is 0.154. The zero-order valence-corrected chi connectivity index (χ0v) is 12.0. The second-order valence-electron chi connectivity index (χ2n) is 4.22. The highest BCUT2D eigenvalue weighted by Gasteiger charge is 2.24. The summed E-state index contributed by atoms with van der Waals surface area (Å²) in [6.45, 7) is 0. The quantitative estimate of drug-likeness (QED) is 0.840. The Morgan fingerprint density at radius 3 is 2.67 bits per heavy atom. The molecule has 3 rings (SSSR count). The van der Waals surface area contributed by atoms with Crippen LogP contribution in [0, 0.1) is 0 Å². The molecule has 0 radical (unpaired) electrons. The van der Waals surface area contributed by atoms with Crippen LogP contribution in [0.2, 0.25) is 0 Å². The monoisotopic (exact) mass is 302 g/mol. The number of amides is 2. The molecule has 1 aromatic rings. The van der Waals surface area contributed by atoms with Gasteiger partial charge < -0.3 is 4.74 Å². The maximum atomic E-state index is 11.5. The second kappa shape index (κ2) is 5.13. The Morgan fingerprint density at radius 1 is 1.14 bits per heavy atom. The zero-order chi connectivity index (χ0) is 15.0. The Kier molecular flexibility index (Phi) is 3.30. The van der Waals surface area contributed by atoms with Gasteiger partial charge >= 0.3 is 6.03 Å². The van der Waals surface area contributed by atoms with Crippen molar-refractivity contribution in [2.75, 3.05) is 13.4 Å². The van der Waals surface area contributed by atoms with Crippen LogP contribution in [0.4, 0.5) is 4.79 Å². The highest BCUT2D eigenvalue weighted by molar-refractivity contribution is 7.84. The third-order valence-corrected chi connectivity index (χ3v) is 3.83. The van der Waals surface area contributed by atoms with Crippen molar-refractivity contribution in [3.63, 3.8) is 0 Å². The predicted octanol–water partition coefficient (Wildman–Crippen LogP) is 1.24. The van der Waals surface area contributed by atoms with Crippen LogP contribution in [0.25, 0.3) is 0 Å². The van der Waals surface area contributed by atoms with E-state index in [0.29, 0.717) is 27.8 Å². The lowest BCUT2D eigenvalue weighted by atomic mass is 10.2. The number of aliphatic imine (C=N–C) groups is 4. The van der Waals surface area contributed by atoms with Crippen molar-refractivity contribution in [3.05, 3.63) is 23.8 Å². The molecular formula is C13H10N4O3S. The molecule has 0 aliphatic carbocycles. The van der Waals surface area contributed by atoms with Gasteiger partial charge in [0.25, 0.3) is 0 Å². The molecule has 2 amide bonds. The Bertz CT molecular complexity index is 793. The molecule has 1 aromatic carbocycles. The van der Waals surface area contributed by atoms with E-state index in [4.69, 9.17) is 4.74 Å². The topological polar surface area (TPSA) is 92.8 Å². The number of urea groups is 1. The molecule has 0 spiro atoms. The number of carbonyl (C=O) groups is 1. The molecule has 0 bridgehead atoms. The van der Waals surface area contributed by atoms with Crippen molar-refractivity contribution in [1.29, 1.82) is 0 Å². The molecule has 1 unspecified atom stereocenters. The molecule has 1 atom stereocenters. The Hall–Kier alpha value is -2.48. The largest absolute Gasteiger partial charge is 0.496 e. The van der Waals surface area contributed by atoms with Crippen LogP contribution in [-0.2, 0) is 10.8 Å². The summed E-state index contributed by atoms with van der Waals surface area (Å²) in [7, 11) is 0.405. The van der Waals surface area contributed by atoms with Gasteiger partial charge in [0.2, 0.25) is 0 Å². The average Bonchev–Trinajstić information content (AvgIpc) is 2.89. The lowest BCUT2D eigenvalue weighted by Gasteiger charge is -2.07. The van der Waals surface area contributed by atoms with Gasteiger partial charge in [-0.1, -0.05) is 0 Å². The molecule has 0 aromatic heterocycles. The van der Waals surface area contributed by atoms with Gasteiger partial charge in [-0.05, 0) is 18.2 Å². The summed E-state index contributed by atoms with van der Waals surface area (Å²) in [5.41, 5.74) is 1.08. The van der Waals surface area contributed by atoms with E-state index in [1.54, 1.807) is 24.5 Å². The van der Waals surface area contributed by atoms with Crippen LogP contribution in [-0.4, -0.2) is 47.2 Å². The minimum absolute atomic E-state index is 0.246. The van der Waals surface area contributed by atoms with Crippen LogP contribution in [0.1, 0.15) is 5.56 Å². The number of carbonyl (C=O) groups excluding carboxylic acids is 1. The first-order chi connectivity index (χ1) is 10.1. The smallest absolute Gasteiger partial charge is 0.369 e. The number of nitrogens with zero attached hydrogens (tertiary/aromatic N) is 4. The normalized spacial score (nSPS) is 17.8. The van der Waals surface area contributed by atoms with E-state index in [0.717, 1.165) is 0 Å². The van der Waals surface area contributed by atoms with Gasteiger partial charge in [-0.3, -0.25) is 4.21 Å². The molecule has 0 N–H and O–H groups in total. The number of methoxy groups -OCH3 is 1. The molecule has 0 fully saturated rings. The highest BCUT2D eigenvalue weighted by atomic mass is 32.2. The van der Waals surface area contributed by atoms with Crippen LogP contribution in [0.5, 0.6) is 5.75 Å². The van der Waals surface area contributed by atoms with Gasteiger partial charge in [0.1, 0.15) is 11.5 Å². The standard InChI is InChI=1S/C13H10N4O3S/c1-20-10-5-7(21(2)19)3-4-8(10)11-15-9-6-14-13(18)17-12(9)16-11/h3-6H,1-2H3. The summed E-state index contributed by atoms with van der Waals surface area (Å²) in [4.78, 5) is 27.5. The Morgan fingerprint density at radius 2 is 1.95 bits per heavy atom. The van der Waals surface area contributed by atoms with Crippen molar-refractivity contribution in [3.8, 4) is 5.75 Å². The third kappa shape index (κ3) is 2.45. The molecule has 2 heterocycles. The summed E-state index contributed by atoms with van der Waals surface area (Å²) in [5.74, 6) is 1.14. The summed E-state index contributed by atoms with van der Waals surface area (Å²) in [6.07, 6.45) is 2.93. The SMILES string of the molecule is COc1cc(S(C)=O)ccc1C1=NC2=NC(=O)N=CC2=N1. The van der Waals surface area contributed by atoms with E-state index in [2.05, 4.69) is 20.0 Å². The van der Waals surface area contributed by atoms with Crippen molar-refractivity contribution >= 4 is 40.4 Å². The summed E-state index contributed by atoms with van der Waals surface area (Å²) in [5, 5.41) is 0. The number of benzene rings is 1. The molecule has 2 aliphatic heterocycles. The number of amidine groups is 2. The number of rotatable bonds is 3. The Labute approximate surface area is 122 Å². The number of ether oxygens (including phenoxy) is 1. The fourth-order valence-electron chi connectivity index (χ4n) is 1.91. The van der Waals surface area contributed by atoms with Gasteiger partial charge in [0, 0.05) is 22.0 Å². The minimum Gasteiger partial charge on any atom is -0.496 e. The molecule has 0 saturated heterocycles. The van der Waals surface area contributed by atoms with E-state index < -0.39 is 16.8 Å². The van der Waals surface area contributed by atoms with Crippen LogP contribution >= 0.6 is 0 Å². The number of fused-ring (bicyclic) bond motifs is 1. The summed E-state index contributed by atoms with van der Waals surface area (Å²) < 4.78 is 16.8. The molecule has 0 saturated carbocycles. The van der Waals surface area contributed by atoms with E-state index >= 15 is 0 Å². The maximum absolute atomic E-state index is 11.5. The molecule has 21 heavy (non-hydrogen) atoms. The van der Waals surface area contributed by atoms with Crippen molar-refractivity contribution in [2.24, 2.45) is 20.0 Å². The Balaban J connectivity index is 2.06. The maximum Gasteiger partial charge on any atom is 0.369 e. The van der Waals surface area contributed by atoms with Gasteiger partial charge in [-0.2, -0.15) is 9.98 Å². The first-order valence-corrected chi connectivity index (χ1v) is 7.50. The van der Waals surface area contributed by atoms with Crippen LogP contribution in [0.3, 0.4) is 0 Å². The van der Waals surface area contributed by atoms with Crippen LogP contribution < -0.4 is 4.74 Å². The highest BCUT2D eigenvalue weighted by Crippen LogP contribution is 2.25. The van der Waals surface area contributed by atoms with Gasteiger partial charge in [-0.25, -0.2) is 14.8 Å². The van der Waals surface area contributed by atoms with Crippen molar-refractivity contribution < 1.29 is 13.7 Å². The first-order valence-electron chi connectivity index (χ1n) is 5.95. The lowest BCUT2D eigenvalue weighted by molar-refractivity contribution is 0.257. The summed E-state index contributed by atoms with van der Waals surface area (Å²) >= 11 is 0. The number of hydrogen-bond acceptors (Lipinski definition) is 5. The molecule has 7 nitrogen and oxygen atoms in total. The van der Waals surface area contributed by atoms with E-state index in [1.807, 2.05) is 0 Å². The number of hydrogen-bond donors (Lipinski definition) is 0. The van der Waals surface area contributed by atoms with Gasteiger partial charge in [0.15, 0.2) is 11.7 Å². The van der Waals surface area contributed by atoms with E-state index in [-0.39, 0.29) is 5.84 Å². The van der Waals surface area contributed by atoms with E-state index in [9.17, 15) is 9.00 Å². The average molecular weight is 302 g/mol. The molecular weight excluding hydrogens is 292 g/mol. The third-order valence-electron chi connectivity index (χ3n) is 2.91. The predicted molar refractivity (Wildman–Crippen MR) is 80.6 cm³/mol. The molecule has 2 aliphatic rings.